The molecule has 2 aromatic rings. The SMILES string of the molecule is COCCCSc1nc(NN)nc2sccc12. The van der Waals surface area contributed by atoms with Crippen LogP contribution in [0.25, 0.3) is 10.2 Å². The summed E-state index contributed by atoms with van der Waals surface area (Å²) in [5.74, 6) is 6.79. The van der Waals surface area contributed by atoms with E-state index in [4.69, 9.17) is 10.6 Å². The van der Waals surface area contributed by atoms with Crippen molar-refractivity contribution >= 4 is 39.3 Å². The zero-order valence-electron chi connectivity index (χ0n) is 9.47. The van der Waals surface area contributed by atoms with Gasteiger partial charge in [0, 0.05) is 24.9 Å². The Morgan fingerprint density at radius 1 is 1.53 bits per heavy atom. The van der Waals surface area contributed by atoms with Gasteiger partial charge in [-0.15, -0.1) is 23.1 Å². The number of nitrogen functional groups attached to an aromatic ring is 1. The molecule has 0 aliphatic heterocycles. The zero-order chi connectivity index (χ0) is 12.1. The lowest BCUT2D eigenvalue weighted by Gasteiger charge is -2.04. The molecule has 0 bridgehead atoms. The van der Waals surface area contributed by atoms with Gasteiger partial charge in [0.15, 0.2) is 0 Å². The monoisotopic (exact) mass is 270 g/mol. The van der Waals surface area contributed by atoms with Crippen molar-refractivity contribution in [2.24, 2.45) is 5.84 Å². The number of fused-ring (bicyclic) bond motifs is 1. The first-order valence-electron chi connectivity index (χ1n) is 5.18. The minimum Gasteiger partial charge on any atom is -0.385 e. The number of aromatic nitrogens is 2. The summed E-state index contributed by atoms with van der Waals surface area (Å²) in [6, 6.07) is 2.04. The number of nitrogens with zero attached hydrogens (tertiary/aromatic N) is 2. The van der Waals surface area contributed by atoms with Crippen molar-refractivity contribution in [1.82, 2.24) is 9.97 Å². The van der Waals surface area contributed by atoms with Gasteiger partial charge in [-0.2, -0.15) is 0 Å². The molecule has 0 saturated heterocycles. The van der Waals surface area contributed by atoms with Gasteiger partial charge in [0.2, 0.25) is 5.95 Å². The average molecular weight is 270 g/mol. The van der Waals surface area contributed by atoms with Crippen LogP contribution < -0.4 is 11.3 Å². The van der Waals surface area contributed by atoms with Crippen molar-refractivity contribution in [3.63, 3.8) is 0 Å². The topological polar surface area (TPSA) is 73.1 Å². The Kier molecular flexibility index (Phi) is 4.55. The number of rotatable bonds is 6. The third-order valence-electron chi connectivity index (χ3n) is 2.15. The molecule has 3 N–H and O–H groups in total. The summed E-state index contributed by atoms with van der Waals surface area (Å²) < 4.78 is 5.02. The van der Waals surface area contributed by atoms with Gasteiger partial charge in [0.25, 0.3) is 0 Å². The molecular formula is C10H14N4OS2. The van der Waals surface area contributed by atoms with Gasteiger partial charge in [0.1, 0.15) is 9.86 Å². The van der Waals surface area contributed by atoms with Crippen LogP contribution in [0.1, 0.15) is 6.42 Å². The Bertz CT molecular complexity index is 488. The number of anilines is 1. The van der Waals surface area contributed by atoms with Crippen LogP contribution in [0.5, 0.6) is 0 Å². The van der Waals surface area contributed by atoms with Crippen molar-refractivity contribution < 1.29 is 4.74 Å². The van der Waals surface area contributed by atoms with Crippen molar-refractivity contribution in [2.75, 3.05) is 24.9 Å². The van der Waals surface area contributed by atoms with Crippen molar-refractivity contribution in [1.29, 1.82) is 0 Å². The van der Waals surface area contributed by atoms with E-state index in [-0.39, 0.29) is 0 Å². The molecule has 0 aliphatic rings. The summed E-state index contributed by atoms with van der Waals surface area (Å²) in [5, 5.41) is 4.08. The molecule has 5 nitrogen and oxygen atoms in total. The van der Waals surface area contributed by atoms with Crippen LogP contribution in [0.2, 0.25) is 0 Å². The fourth-order valence-electron chi connectivity index (χ4n) is 1.37. The molecule has 0 aliphatic carbocycles. The standard InChI is InChI=1S/C10H14N4OS2/c1-15-4-2-5-16-8-7-3-6-17-9(7)13-10(12-8)14-11/h3,6H,2,4-5,11H2,1H3,(H,12,13,14). The Morgan fingerprint density at radius 3 is 3.18 bits per heavy atom. The Labute approximate surface area is 108 Å². The highest BCUT2D eigenvalue weighted by Gasteiger charge is 2.08. The molecule has 2 aromatic heterocycles. The predicted octanol–water partition coefficient (Wildman–Crippen LogP) is 2.11. The molecule has 0 spiro atoms. The third kappa shape index (κ3) is 3.06. The van der Waals surface area contributed by atoms with E-state index in [2.05, 4.69) is 15.4 Å². The van der Waals surface area contributed by atoms with Crippen molar-refractivity contribution in [3.05, 3.63) is 11.4 Å². The number of thiophene rings is 1. The molecule has 17 heavy (non-hydrogen) atoms. The molecule has 92 valence electrons. The molecule has 0 saturated carbocycles. The molecule has 0 atom stereocenters. The third-order valence-corrected chi connectivity index (χ3v) is 4.03. The van der Waals surface area contributed by atoms with E-state index in [1.807, 2.05) is 11.4 Å². The van der Waals surface area contributed by atoms with Crippen molar-refractivity contribution in [3.8, 4) is 0 Å². The minimum absolute atomic E-state index is 0.467. The highest BCUT2D eigenvalue weighted by atomic mass is 32.2. The first kappa shape index (κ1) is 12.6. The number of ether oxygens (including phenoxy) is 1. The molecule has 0 radical (unpaired) electrons. The van der Waals surface area contributed by atoms with Crippen LogP contribution in [-0.2, 0) is 4.74 Å². The molecule has 0 fully saturated rings. The molecule has 2 heterocycles. The number of thioether (sulfide) groups is 1. The first-order chi connectivity index (χ1) is 8.35. The van der Waals surface area contributed by atoms with E-state index in [9.17, 15) is 0 Å². The van der Waals surface area contributed by atoms with Gasteiger partial charge in [-0.3, -0.25) is 5.43 Å². The number of hydrogen-bond donors (Lipinski definition) is 2. The number of hydrazine groups is 1. The fourth-order valence-corrected chi connectivity index (χ4v) is 3.13. The summed E-state index contributed by atoms with van der Waals surface area (Å²) >= 11 is 3.29. The van der Waals surface area contributed by atoms with E-state index in [0.717, 1.165) is 34.0 Å². The number of hydrogen-bond acceptors (Lipinski definition) is 7. The van der Waals surface area contributed by atoms with Gasteiger partial charge in [-0.1, -0.05) is 0 Å². The second-order valence-electron chi connectivity index (χ2n) is 3.33. The van der Waals surface area contributed by atoms with E-state index < -0.39 is 0 Å². The van der Waals surface area contributed by atoms with Crippen LogP contribution in [0.4, 0.5) is 5.95 Å². The lowest BCUT2D eigenvalue weighted by molar-refractivity contribution is 0.200. The minimum atomic E-state index is 0.467. The van der Waals surface area contributed by atoms with Gasteiger partial charge < -0.3 is 4.74 Å². The Balaban J connectivity index is 2.16. The maximum absolute atomic E-state index is 5.36. The first-order valence-corrected chi connectivity index (χ1v) is 7.05. The second kappa shape index (κ2) is 6.15. The molecule has 0 amide bonds. The smallest absolute Gasteiger partial charge is 0.239 e. The average Bonchev–Trinajstić information content (AvgIpc) is 2.82. The molecular weight excluding hydrogens is 256 g/mol. The normalized spacial score (nSPS) is 10.9. The van der Waals surface area contributed by atoms with Crippen LogP contribution in [0.15, 0.2) is 16.5 Å². The number of nitrogens with two attached hydrogens (primary N) is 1. The molecule has 7 heteroatoms. The van der Waals surface area contributed by atoms with Gasteiger partial charge in [-0.05, 0) is 17.9 Å². The molecule has 0 aromatic carbocycles. The maximum atomic E-state index is 5.36. The largest absolute Gasteiger partial charge is 0.385 e. The second-order valence-corrected chi connectivity index (χ2v) is 5.31. The maximum Gasteiger partial charge on any atom is 0.239 e. The predicted molar refractivity (Wildman–Crippen MR) is 72.4 cm³/mol. The fraction of sp³-hybridized carbons (Fsp3) is 0.400. The van der Waals surface area contributed by atoms with Gasteiger partial charge in [-0.25, -0.2) is 15.8 Å². The zero-order valence-corrected chi connectivity index (χ0v) is 11.1. The summed E-state index contributed by atoms with van der Waals surface area (Å²) in [6.45, 7) is 0.771. The van der Waals surface area contributed by atoms with E-state index in [1.165, 1.54) is 0 Å². The Hall–Kier alpha value is -0.890. The van der Waals surface area contributed by atoms with Crippen LogP contribution in [0, 0.1) is 0 Å². The van der Waals surface area contributed by atoms with Gasteiger partial charge >= 0.3 is 0 Å². The Morgan fingerprint density at radius 2 is 2.41 bits per heavy atom. The highest BCUT2D eigenvalue weighted by Crippen LogP contribution is 2.29. The molecule has 0 unspecified atom stereocenters. The van der Waals surface area contributed by atoms with Crippen LogP contribution in [0.3, 0.4) is 0 Å². The van der Waals surface area contributed by atoms with Crippen LogP contribution >= 0.6 is 23.1 Å². The number of nitrogens with one attached hydrogen (secondary N) is 1. The lowest BCUT2D eigenvalue weighted by atomic mass is 10.4. The van der Waals surface area contributed by atoms with E-state index in [1.54, 1.807) is 30.2 Å². The summed E-state index contributed by atoms with van der Waals surface area (Å²) in [6.07, 6.45) is 1.00. The quantitative estimate of drug-likeness (QED) is 0.275. The number of methoxy groups -OCH3 is 1. The van der Waals surface area contributed by atoms with Crippen LogP contribution in [-0.4, -0.2) is 29.4 Å². The summed E-state index contributed by atoms with van der Waals surface area (Å²) in [7, 11) is 1.71. The summed E-state index contributed by atoms with van der Waals surface area (Å²) in [5.41, 5.74) is 2.50. The lowest BCUT2D eigenvalue weighted by Crippen LogP contribution is -2.10. The van der Waals surface area contributed by atoms with E-state index in [0.29, 0.717) is 5.95 Å². The summed E-state index contributed by atoms with van der Waals surface area (Å²) in [4.78, 5) is 9.62. The highest BCUT2D eigenvalue weighted by molar-refractivity contribution is 7.99. The van der Waals surface area contributed by atoms with Crippen molar-refractivity contribution in [2.45, 2.75) is 11.4 Å². The molecule has 2 rings (SSSR count). The van der Waals surface area contributed by atoms with E-state index >= 15 is 0 Å². The van der Waals surface area contributed by atoms with Gasteiger partial charge in [0.05, 0.1) is 0 Å².